The molecule has 2 aromatic rings. The molecule has 2 aromatic carbocycles. The van der Waals surface area contributed by atoms with E-state index in [1.54, 1.807) is 0 Å². The molecule has 120 valence electrons. The number of nitrogens with one attached hydrogen (secondary N) is 1. The van der Waals surface area contributed by atoms with Gasteiger partial charge < -0.3 is 10.5 Å². The van der Waals surface area contributed by atoms with Crippen LogP contribution in [-0.2, 0) is 10.0 Å². The van der Waals surface area contributed by atoms with Crippen molar-refractivity contribution in [3.63, 3.8) is 0 Å². The van der Waals surface area contributed by atoms with Gasteiger partial charge in [0.15, 0.2) is 0 Å². The maximum Gasteiger partial charge on any atom is 0.248 e. The van der Waals surface area contributed by atoms with E-state index in [9.17, 15) is 13.2 Å². The normalized spacial score (nSPS) is 17.1. The monoisotopic (exact) mass is 332 g/mol. The molecule has 3 rings (SSSR count). The Hall–Kier alpha value is -2.38. The molecule has 23 heavy (non-hydrogen) atoms. The Morgan fingerprint density at radius 1 is 1.13 bits per heavy atom. The second-order valence-electron chi connectivity index (χ2n) is 5.24. The van der Waals surface area contributed by atoms with E-state index in [0.29, 0.717) is 18.8 Å². The van der Waals surface area contributed by atoms with Crippen LogP contribution in [0, 0.1) is 0 Å². The van der Waals surface area contributed by atoms with E-state index in [4.69, 9.17) is 10.5 Å². The summed E-state index contributed by atoms with van der Waals surface area (Å²) in [4.78, 5) is 11.1. The van der Waals surface area contributed by atoms with Crippen molar-refractivity contribution in [2.24, 2.45) is 5.73 Å². The predicted molar refractivity (Wildman–Crippen MR) is 84.6 cm³/mol. The molecule has 1 aliphatic rings. The Morgan fingerprint density at radius 3 is 2.52 bits per heavy atom. The average molecular weight is 332 g/mol. The van der Waals surface area contributed by atoms with Crippen LogP contribution < -0.4 is 15.2 Å². The van der Waals surface area contributed by atoms with Gasteiger partial charge >= 0.3 is 0 Å². The van der Waals surface area contributed by atoms with E-state index in [1.807, 2.05) is 24.3 Å². The van der Waals surface area contributed by atoms with E-state index in [0.717, 1.165) is 5.56 Å². The highest BCUT2D eigenvalue weighted by atomic mass is 32.2. The van der Waals surface area contributed by atoms with Gasteiger partial charge in [0.05, 0.1) is 17.5 Å². The maximum absolute atomic E-state index is 12.5. The van der Waals surface area contributed by atoms with Crippen molar-refractivity contribution in [3.05, 3.63) is 59.7 Å². The topological polar surface area (TPSA) is 98.5 Å². The van der Waals surface area contributed by atoms with Crippen LogP contribution in [0.4, 0.5) is 0 Å². The third-order valence-corrected chi connectivity index (χ3v) is 5.19. The van der Waals surface area contributed by atoms with Gasteiger partial charge in [-0.2, -0.15) is 0 Å². The van der Waals surface area contributed by atoms with Gasteiger partial charge in [-0.15, -0.1) is 0 Å². The van der Waals surface area contributed by atoms with Gasteiger partial charge in [-0.3, -0.25) is 4.79 Å². The fourth-order valence-electron chi connectivity index (χ4n) is 2.52. The minimum absolute atomic E-state index is 0.0893. The number of fused-ring (bicyclic) bond motifs is 1. The molecule has 3 N–H and O–H groups in total. The molecule has 0 aromatic heterocycles. The number of hydrogen-bond acceptors (Lipinski definition) is 4. The van der Waals surface area contributed by atoms with Crippen LogP contribution in [0.25, 0.3) is 0 Å². The minimum Gasteiger partial charge on any atom is -0.493 e. The zero-order valence-electron chi connectivity index (χ0n) is 12.2. The fraction of sp³-hybridized carbons (Fsp3) is 0.188. The van der Waals surface area contributed by atoms with Gasteiger partial charge in [-0.1, -0.05) is 18.2 Å². The standard InChI is InChI=1S/C16H16N2O4S/c17-16(19)11-5-7-12(8-6-11)23(20,21)18-14-9-10-22-15-4-2-1-3-13(14)15/h1-8,14,18H,9-10H2,(H2,17,19)/t14-/m1/s1. The highest BCUT2D eigenvalue weighted by Crippen LogP contribution is 2.32. The maximum atomic E-state index is 12.5. The summed E-state index contributed by atoms with van der Waals surface area (Å²) in [7, 11) is -3.70. The summed E-state index contributed by atoms with van der Waals surface area (Å²) < 4.78 is 33.3. The molecule has 0 radical (unpaired) electrons. The second-order valence-corrected chi connectivity index (χ2v) is 6.95. The lowest BCUT2D eigenvalue weighted by atomic mass is 10.0. The number of rotatable bonds is 4. The molecule has 1 amide bonds. The van der Waals surface area contributed by atoms with Crippen molar-refractivity contribution >= 4 is 15.9 Å². The Kier molecular flexibility index (Phi) is 4.06. The SMILES string of the molecule is NC(=O)c1ccc(S(=O)(=O)N[C@@H]2CCOc3ccccc32)cc1. The Bertz CT molecular complexity index is 831. The van der Waals surface area contributed by atoms with Gasteiger partial charge in [-0.05, 0) is 30.3 Å². The Balaban J connectivity index is 1.86. The van der Waals surface area contributed by atoms with Crippen molar-refractivity contribution in [1.82, 2.24) is 4.72 Å². The summed E-state index contributed by atoms with van der Waals surface area (Å²) in [6.07, 6.45) is 0.551. The molecule has 0 spiro atoms. The number of carbonyl (C=O) groups excluding carboxylic acids is 1. The number of ether oxygens (including phenoxy) is 1. The molecule has 1 atom stereocenters. The predicted octanol–water partition coefficient (Wildman–Crippen LogP) is 1.59. The second kappa shape index (κ2) is 6.02. The summed E-state index contributed by atoms with van der Waals surface area (Å²) in [5.41, 5.74) is 6.24. The molecular formula is C16H16N2O4S. The molecule has 6 nitrogen and oxygen atoms in total. The number of primary amides is 1. The first-order valence-electron chi connectivity index (χ1n) is 7.11. The van der Waals surface area contributed by atoms with Crippen molar-refractivity contribution in [2.45, 2.75) is 17.4 Å². The van der Waals surface area contributed by atoms with E-state index >= 15 is 0 Å². The highest BCUT2D eigenvalue weighted by Gasteiger charge is 2.26. The zero-order valence-corrected chi connectivity index (χ0v) is 13.0. The van der Waals surface area contributed by atoms with Crippen LogP contribution in [0.5, 0.6) is 5.75 Å². The molecule has 7 heteroatoms. The molecule has 0 saturated carbocycles. The summed E-state index contributed by atoms with van der Waals surface area (Å²) >= 11 is 0. The average Bonchev–Trinajstić information content (AvgIpc) is 2.55. The smallest absolute Gasteiger partial charge is 0.248 e. The van der Waals surface area contributed by atoms with Crippen LogP contribution in [0.2, 0.25) is 0 Å². The number of carbonyl (C=O) groups is 1. The molecular weight excluding hydrogens is 316 g/mol. The molecule has 0 aliphatic carbocycles. The van der Waals surface area contributed by atoms with Crippen molar-refractivity contribution in [3.8, 4) is 5.75 Å². The van der Waals surface area contributed by atoms with E-state index in [1.165, 1.54) is 24.3 Å². The minimum atomic E-state index is -3.70. The van der Waals surface area contributed by atoms with Crippen molar-refractivity contribution in [2.75, 3.05) is 6.61 Å². The highest BCUT2D eigenvalue weighted by molar-refractivity contribution is 7.89. The molecule has 0 saturated heterocycles. The first-order valence-corrected chi connectivity index (χ1v) is 8.59. The lowest BCUT2D eigenvalue weighted by Crippen LogP contribution is -2.32. The Labute approximate surface area is 134 Å². The zero-order chi connectivity index (χ0) is 16.4. The first kappa shape index (κ1) is 15.5. The summed E-state index contributed by atoms with van der Waals surface area (Å²) in [6.45, 7) is 0.449. The number of nitrogens with two attached hydrogens (primary N) is 1. The van der Waals surface area contributed by atoms with Crippen molar-refractivity contribution in [1.29, 1.82) is 0 Å². The number of benzene rings is 2. The number of hydrogen-bond donors (Lipinski definition) is 2. The summed E-state index contributed by atoms with van der Waals surface area (Å²) in [5, 5.41) is 0. The third kappa shape index (κ3) is 3.20. The van der Waals surface area contributed by atoms with Gasteiger partial charge in [0.25, 0.3) is 0 Å². The molecule has 0 unspecified atom stereocenters. The van der Waals surface area contributed by atoms with Crippen LogP contribution in [0.1, 0.15) is 28.4 Å². The summed E-state index contributed by atoms with van der Waals surface area (Å²) in [6, 6.07) is 12.5. The van der Waals surface area contributed by atoms with E-state index in [-0.39, 0.29) is 16.5 Å². The van der Waals surface area contributed by atoms with Crippen LogP contribution in [-0.4, -0.2) is 20.9 Å². The van der Waals surface area contributed by atoms with Crippen LogP contribution in [0.15, 0.2) is 53.4 Å². The quantitative estimate of drug-likeness (QED) is 0.888. The van der Waals surface area contributed by atoms with Gasteiger partial charge in [-0.25, -0.2) is 13.1 Å². The number of para-hydroxylation sites is 1. The van der Waals surface area contributed by atoms with Crippen LogP contribution in [0.3, 0.4) is 0 Å². The van der Waals surface area contributed by atoms with Gasteiger partial charge in [0, 0.05) is 17.5 Å². The Morgan fingerprint density at radius 2 is 1.83 bits per heavy atom. The fourth-order valence-corrected chi connectivity index (χ4v) is 3.77. The van der Waals surface area contributed by atoms with E-state index < -0.39 is 15.9 Å². The number of amides is 1. The molecule has 1 heterocycles. The molecule has 0 fully saturated rings. The third-order valence-electron chi connectivity index (χ3n) is 3.71. The lowest BCUT2D eigenvalue weighted by molar-refractivity contribution is 0.1000. The van der Waals surface area contributed by atoms with Gasteiger partial charge in [0.2, 0.25) is 15.9 Å². The van der Waals surface area contributed by atoms with E-state index in [2.05, 4.69) is 4.72 Å². The summed E-state index contributed by atoms with van der Waals surface area (Å²) in [5.74, 6) is 0.0933. The molecule has 1 aliphatic heterocycles. The lowest BCUT2D eigenvalue weighted by Gasteiger charge is -2.26. The van der Waals surface area contributed by atoms with Gasteiger partial charge in [0.1, 0.15) is 5.75 Å². The number of sulfonamides is 1. The van der Waals surface area contributed by atoms with Crippen molar-refractivity contribution < 1.29 is 17.9 Å². The molecule has 0 bridgehead atoms. The van der Waals surface area contributed by atoms with Crippen LogP contribution >= 0.6 is 0 Å². The first-order chi connectivity index (χ1) is 11.0. The largest absolute Gasteiger partial charge is 0.493 e.